The first-order chi connectivity index (χ1) is 9.61. The molecule has 2 rings (SSSR count). The van der Waals surface area contributed by atoms with Crippen molar-refractivity contribution in [2.75, 3.05) is 6.54 Å². The molecule has 0 saturated heterocycles. The highest BCUT2D eigenvalue weighted by Gasteiger charge is 2.17. The minimum absolute atomic E-state index is 0.169. The summed E-state index contributed by atoms with van der Waals surface area (Å²) in [5.41, 5.74) is 4.03. The van der Waals surface area contributed by atoms with Gasteiger partial charge < -0.3 is 9.73 Å². The molecule has 1 unspecified atom stereocenters. The summed E-state index contributed by atoms with van der Waals surface area (Å²) in [6.07, 6.45) is 2.01. The van der Waals surface area contributed by atoms with Gasteiger partial charge in [0, 0.05) is 0 Å². The van der Waals surface area contributed by atoms with Crippen LogP contribution in [0.25, 0.3) is 0 Å². The van der Waals surface area contributed by atoms with Gasteiger partial charge in [-0.3, -0.25) is 0 Å². The first kappa shape index (κ1) is 15.1. The van der Waals surface area contributed by atoms with Crippen LogP contribution in [0.3, 0.4) is 0 Å². The summed E-state index contributed by atoms with van der Waals surface area (Å²) in [7, 11) is 0. The van der Waals surface area contributed by atoms with Gasteiger partial charge >= 0.3 is 0 Å². The predicted octanol–water partition coefficient (Wildman–Crippen LogP) is 4.83. The van der Waals surface area contributed by atoms with Crippen molar-refractivity contribution in [2.45, 2.75) is 39.7 Å². The first-order valence-corrected chi connectivity index (χ1v) is 7.53. The molecule has 2 aromatic rings. The lowest BCUT2D eigenvalue weighted by Crippen LogP contribution is -2.24. The molecule has 0 spiro atoms. The number of nitrogens with one attached hydrogen (secondary N) is 1. The Morgan fingerprint density at radius 2 is 1.85 bits per heavy atom. The van der Waals surface area contributed by atoms with Crippen LogP contribution in [0.2, 0.25) is 5.22 Å². The predicted molar refractivity (Wildman–Crippen MR) is 84.4 cm³/mol. The van der Waals surface area contributed by atoms with E-state index in [1.165, 1.54) is 16.7 Å². The lowest BCUT2D eigenvalue weighted by Gasteiger charge is -2.19. The topological polar surface area (TPSA) is 25.2 Å². The van der Waals surface area contributed by atoms with Crippen LogP contribution in [-0.4, -0.2) is 6.54 Å². The summed E-state index contributed by atoms with van der Waals surface area (Å²) in [6, 6.07) is 10.4. The van der Waals surface area contributed by atoms with Gasteiger partial charge in [-0.1, -0.05) is 25.1 Å². The van der Waals surface area contributed by atoms with Gasteiger partial charge in [-0.2, -0.15) is 0 Å². The summed E-state index contributed by atoms with van der Waals surface area (Å²) < 4.78 is 5.60. The quantitative estimate of drug-likeness (QED) is 0.824. The Kier molecular flexibility index (Phi) is 5.27. The number of hydrogen-bond donors (Lipinski definition) is 1. The van der Waals surface area contributed by atoms with E-state index in [0.29, 0.717) is 5.22 Å². The molecule has 1 atom stereocenters. The molecule has 1 N–H and O–H groups in total. The lowest BCUT2D eigenvalue weighted by atomic mass is 9.95. The third-order valence-electron chi connectivity index (χ3n) is 3.63. The van der Waals surface area contributed by atoms with E-state index in [-0.39, 0.29) is 6.04 Å². The van der Waals surface area contributed by atoms with E-state index in [9.17, 15) is 0 Å². The molecule has 3 heteroatoms. The van der Waals surface area contributed by atoms with E-state index in [2.05, 4.69) is 44.3 Å². The number of benzene rings is 1. The fourth-order valence-corrected chi connectivity index (χ4v) is 2.63. The molecular formula is C17H22ClNO. The molecule has 0 aliphatic rings. The standard InChI is InChI=1S/C17H22ClNO/c1-4-10-19-15(16-8-9-17(18)20-16)11-14-12(2)6-5-7-13(14)3/h5-9,15,19H,4,10-11H2,1-3H3. The van der Waals surface area contributed by atoms with Crippen LogP contribution < -0.4 is 5.32 Å². The van der Waals surface area contributed by atoms with Crippen molar-refractivity contribution in [3.8, 4) is 0 Å². The number of aryl methyl sites for hydroxylation is 2. The maximum Gasteiger partial charge on any atom is 0.193 e. The van der Waals surface area contributed by atoms with Crippen LogP contribution in [0.5, 0.6) is 0 Å². The van der Waals surface area contributed by atoms with Crippen LogP contribution in [0, 0.1) is 13.8 Å². The zero-order valence-electron chi connectivity index (χ0n) is 12.4. The van der Waals surface area contributed by atoms with Gasteiger partial charge in [0.1, 0.15) is 5.76 Å². The molecule has 0 radical (unpaired) electrons. The Morgan fingerprint density at radius 1 is 1.15 bits per heavy atom. The van der Waals surface area contributed by atoms with Crippen LogP contribution in [0.1, 0.15) is 41.8 Å². The molecule has 0 bridgehead atoms. The van der Waals surface area contributed by atoms with Crippen molar-refractivity contribution in [1.82, 2.24) is 5.32 Å². The van der Waals surface area contributed by atoms with E-state index >= 15 is 0 Å². The normalized spacial score (nSPS) is 12.6. The van der Waals surface area contributed by atoms with E-state index in [1.807, 2.05) is 12.1 Å². The van der Waals surface area contributed by atoms with Gasteiger partial charge in [0.2, 0.25) is 0 Å². The average Bonchev–Trinajstić information content (AvgIpc) is 2.84. The largest absolute Gasteiger partial charge is 0.448 e. The summed E-state index contributed by atoms with van der Waals surface area (Å²) in [4.78, 5) is 0. The third-order valence-corrected chi connectivity index (χ3v) is 3.83. The molecule has 0 saturated carbocycles. The van der Waals surface area contributed by atoms with Crippen molar-refractivity contribution in [1.29, 1.82) is 0 Å². The molecule has 20 heavy (non-hydrogen) atoms. The molecule has 0 aliphatic heterocycles. The first-order valence-electron chi connectivity index (χ1n) is 7.15. The molecule has 0 aliphatic carbocycles. The molecule has 2 nitrogen and oxygen atoms in total. The minimum atomic E-state index is 0.169. The Morgan fingerprint density at radius 3 is 2.40 bits per heavy atom. The molecule has 108 valence electrons. The Labute approximate surface area is 126 Å². The van der Waals surface area contributed by atoms with Crippen molar-refractivity contribution >= 4 is 11.6 Å². The van der Waals surface area contributed by atoms with Gasteiger partial charge in [0.25, 0.3) is 0 Å². The maximum absolute atomic E-state index is 5.91. The second kappa shape index (κ2) is 6.96. The fourth-order valence-electron chi connectivity index (χ4n) is 2.48. The second-order valence-corrected chi connectivity index (χ2v) is 5.60. The van der Waals surface area contributed by atoms with Crippen molar-refractivity contribution in [3.05, 3.63) is 58.0 Å². The molecule has 0 fully saturated rings. The van der Waals surface area contributed by atoms with E-state index in [4.69, 9.17) is 16.0 Å². The highest BCUT2D eigenvalue weighted by molar-refractivity contribution is 6.28. The lowest BCUT2D eigenvalue weighted by molar-refractivity contribution is 0.411. The summed E-state index contributed by atoms with van der Waals surface area (Å²) in [6.45, 7) is 7.45. The van der Waals surface area contributed by atoms with Crippen LogP contribution in [-0.2, 0) is 6.42 Å². The van der Waals surface area contributed by atoms with Gasteiger partial charge in [0.05, 0.1) is 6.04 Å². The molecule has 1 aromatic heterocycles. The maximum atomic E-state index is 5.91. The summed E-state index contributed by atoms with van der Waals surface area (Å²) in [5, 5.41) is 4.00. The molecular weight excluding hydrogens is 270 g/mol. The molecule has 1 aromatic carbocycles. The van der Waals surface area contributed by atoms with Gasteiger partial charge in [-0.25, -0.2) is 0 Å². The van der Waals surface area contributed by atoms with Crippen LogP contribution >= 0.6 is 11.6 Å². The van der Waals surface area contributed by atoms with Gasteiger partial charge in [0.15, 0.2) is 5.22 Å². The van der Waals surface area contributed by atoms with Crippen LogP contribution in [0.15, 0.2) is 34.7 Å². The minimum Gasteiger partial charge on any atom is -0.448 e. The van der Waals surface area contributed by atoms with Gasteiger partial charge in [-0.05, 0) is 73.7 Å². The number of halogens is 1. The zero-order valence-corrected chi connectivity index (χ0v) is 13.1. The smallest absolute Gasteiger partial charge is 0.193 e. The van der Waals surface area contributed by atoms with E-state index < -0.39 is 0 Å². The SMILES string of the molecule is CCCNC(Cc1c(C)cccc1C)c1ccc(Cl)o1. The van der Waals surface area contributed by atoms with Gasteiger partial charge in [-0.15, -0.1) is 0 Å². The summed E-state index contributed by atoms with van der Waals surface area (Å²) >= 11 is 5.91. The second-order valence-electron chi connectivity index (χ2n) is 5.22. The summed E-state index contributed by atoms with van der Waals surface area (Å²) in [5.74, 6) is 0.908. The van der Waals surface area contributed by atoms with E-state index in [0.717, 1.165) is 25.1 Å². The highest BCUT2D eigenvalue weighted by Crippen LogP contribution is 2.26. The number of furan rings is 1. The van der Waals surface area contributed by atoms with Crippen molar-refractivity contribution < 1.29 is 4.42 Å². The number of rotatable bonds is 6. The molecule has 0 amide bonds. The Hall–Kier alpha value is -1.25. The Balaban J connectivity index is 2.23. The third kappa shape index (κ3) is 3.65. The van der Waals surface area contributed by atoms with E-state index in [1.54, 1.807) is 0 Å². The zero-order chi connectivity index (χ0) is 14.5. The monoisotopic (exact) mass is 291 g/mol. The Bertz CT molecular complexity index is 542. The highest BCUT2D eigenvalue weighted by atomic mass is 35.5. The number of hydrogen-bond acceptors (Lipinski definition) is 2. The fraction of sp³-hybridized carbons (Fsp3) is 0.412. The van der Waals surface area contributed by atoms with Crippen molar-refractivity contribution in [2.24, 2.45) is 0 Å². The van der Waals surface area contributed by atoms with Crippen LogP contribution in [0.4, 0.5) is 0 Å². The molecule has 1 heterocycles. The van der Waals surface area contributed by atoms with Crippen molar-refractivity contribution in [3.63, 3.8) is 0 Å². The average molecular weight is 292 g/mol.